The molecule has 0 saturated carbocycles. The molecular formula is C6H7BrN4O. The number of urea groups is 1. The van der Waals surface area contributed by atoms with E-state index in [-0.39, 0.29) is 0 Å². The van der Waals surface area contributed by atoms with Crippen molar-refractivity contribution in [3.8, 4) is 0 Å². The van der Waals surface area contributed by atoms with E-state index in [9.17, 15) is 4.79 Å². The average molecular weight is 231 g/mol. The first-order valence-corrected chi connectivity index (χ1v) is 3.91. The molecule has 6 heteroatoms. The Morgan fingerprint density at radius 2 is 2.33 bits per heavy atom. The third kappa shape index (κ3) is 2.75. The highest BCUT2D eigenvalue weighted by atomic mass is 79.9. The Balaban J connectivity index is 2.53. The van der Waals surface area contributed by atoms with Crippen LogP contribution in [-0.2, 0) is 0 Å². The molecule has 1 aromatic rings. The molecule has 0 spiro atoms. The number of carbonyl (C=O) groups is 1. The molecule has 2 amide bonds. The number of nitrogens with one attached hydrogen (secondary N) is 2. The van der Waals surface area contributed by atoms with Gasteiger partial charge in [0, 0.05) is 10.7 Å². The highest BCUT2D eigenvalue weighted by molar-refractivity contribution is 9.10. The Hall–Kier alpha value is -1.30. The predicted molar refractivity (Wildman–Crippen MR) is 48.3 cm³/mol. The van der Waals surface area contributed by atoms with Crippen LogP contribution in [0, 0.1) is 0 Å². The van der Waals surface area contributed by atoms with Crippen LogP contribution in [0.2, 0.25) is 0 Å². The van der Waals surface area contributed by atoms with E-state index in [1.165, 1.54) is 0 Å². The van der Waals surface area contributed by atoms with E-state index in [1.807, 2.05) is 0 Å². The van der Waals surface area contributed by atoms with Gasteiger partial charge in [0.1, 0.15) is 5.82 Å². The Kier molecular flexibility index (Phi) is 2.87. The van der Waals surface area contributed by atoms with Crippen LogP contribution in [0.3, 0.4) is 0 Å². The van der Waals surface area contributed by atoms with Gasteiger partial charge in [-0.3, -0.25) is 10.9 Å². The zero-order valence-electron chi connectivity index (χ0n) is 6.04. The van der Waals surface area contributed by atoms with Crippen molar-refractivity contribution in [3.63, 3.8) is 0 Å². The molecule has 64 valence electrons. The third-order valence-electron chi connectivity index (χ3n) is 1.04. The number of carbonyl (C=O) groups excluding carboxylic acids is 1. The topological polar surface area (TPSA) is 80.0 Å². The summed E-state index contributed by atoms with van der Waals surface area (Å²) >= 11 is 3.22. The smallest absolute Gasteiger partial charge is 0.330 e. The molecule has 12 heavy (non-hydrogen) atoms. The van der Waals surface area contributed by atoms with E-state index >= 15 is 0 Å². The van der Waals surface area contributed by atoms with Crippen molar-refractivity contribution in [1.82, 2.24) is 10.4 Å². The minimum absolute atomic E-state index is 0.525. The van der Waals surface area contributed by atoms with Crippen LogP contribution in [0.25, 0.3) is 0 Å². The SMILES string of the molecule is NC(=O)NNc1ccc(Br)cn1. The van der Waals surface area contributed by atoms with Crippen LogP contribution in [0.5, 0.6) is 0 Å². The van der Waals surface area contributed by atoms with Crippen molar-refractivity contribution in [2.75, 3.05) is 5.43 Å². The second kappa shape index (κ2) is 3.91. The van der Waals surface area contributed by atoms with Gasteiger partial charge in [-0.15, -0.1) is 0 Å². The predicted octanol–water partition coefficient (Wildman–Crippen LogP) is 0.839. The maximum Gasteiger partial charge on any atom is 0.330 e. The van der Waals surface area contributed by atoms with Crippen molar-refractivity contribution in [2.45, 2.75) is 0 Å². The number of primary amides is 1. The van der Waals surface area contributed by atoms with Gasteiger partial charge >= 0.3 is 6.03 Å². The summed E-state index contributed by atoms with van der Waals surface area (Å²) < 4.78 is 0.868. The standard InChI is InChI=1S/C6H7BrN4O/c7-4-1-2-5(9-3-4)10-11-6(8)12/h1-3H,(H,9,10)(H3,8,11,12). The number of hydrogen-bond acceptors (Lipinski definition) is 3. The molecule has 1 aromatic heterocycles. The summed E-state index contributed by atoms with van der Waals surface area (Å²) in [5.41, 5.74) is 9.53. The molecular weight excluding hydrogens is 224 g/mol. The lowest BCUT2D eigenvalue weighted by molar-refractivity contribution is 0.250. The Bertz CT molecular complexity index is 273. The van der Waals surface area contributed by atoms with Gasteiger partial charge in [-0.1, -0.05) is 0 Å². The Morgan fingerprint density at radius 1 is 1.58 bits per heavy atom. The molecule has 4 N–H and O–H groups in total. The summed E-state index contributed by atoms with van der Waals surface area (Å²) in [6.07, 6.45) is 1.60. The minimum Gasteiger partial charge on any atom is -0.350 e. The molecule has 5 nitrogen and oxygen atoms in total. The average Bonchev–Trinajstić information content (AvgIpc) is 2.03. The van der Waals surface area contributed by atoms with E-state index < -0.39 is 6.03 Å². The summed E-state index contributed by atoms with van der Waals surface area (Å²) in [5.74, 6) is 0.525. The van der Waals surface area contributed by atoms with Gasteiger partial charge in [-0.2, -0.15) is 0 Å². The van der Waals surface area contributed by atoms with Crippen molar-refractivity contribution in [3.05, 3.63) is 22.8 Å². The van der Waals surface area contributed by atoms with Crippen molar-refractivity contribution in [1.29, 1.82) is 0 Å². The largest absolute Gasteiger partial charge is 0.350 e. The van der Waals surface area contributed by atoms with Gasteiger partial charge in [0.2, 0.25) is 0 Å². The van der Waals surface area contributed by atoms with Crippen LogP contribution in [0.15, 0.2) is 22.8 Å². The first-order valence-electron chi connectivity index (χ1n) is 3.11. The van der Waals surface area contributed by atoms with Gasteiger partial charge in [-0.25, -0.2) is 9.78 Å². The number of aromatic nitrogens is 1. The molecule has 0 bridgehead atoms. The van der Waals surface area contributed by atoms with Gasteiger partial charge in [-0.05, 0) is 28.1 Å². The number of pyridine rings is 1. The zero-order valence-corrected chi connectivity index (χ0v) is 7.63. The minimum atomic E-state index is -0.653. The number of rotatable bonds is 2. The quantitative estimate of drug-likeness (QED) is 0.659. The fourth-order valence-corrected chi connectivity index (χ4v) is 0.810. The van der Waals surface area contributed by atoms with Crippen LogP contribution in [0.4, 0.5) is 10.6 Å². The lowest BCUT2D eigenvalue weighted by Gasteiger charge is -2.03. The number of amides is 2. The zero-order chi connectivity index (χ0) is 8.97. The molecule has 0 aliphatic heterocycles. The molecule has 0 unspecified atom stereocenters. The van der Waals surface area contributed by atoms with Crippen molar-refractivity contribution in [2.24, 2.45) is 5.73 Å². The number of hydrogen-bond donors (Lipinski definition) is 3. The Morgan fingerprint density at radius 3 is 2.83 bits per heavy atom. The summed E-state index contributed by atoms with van der Waals surface area (Å²) in [5, 5.41) is 0. The molecule has 0 aromatic carbocycles. The number of anilines is 1. The van der Waals surface area contributed by atoms with E-state index in [2.05, 4.69) is 31.8 Å². The summed E-state index contributed by atoms with van der Waals surface area (Å²) in [6.45, 7) is 0. The Labute approximate surface area is 77.5 Å². The normalized spacial score (nSPS) is 9.08. The molecule has 0 aliphatic carbocycles. The van der Waals surface area contributed by atoms with Gasteiger partial charge in [0.05, 0.1) is 0 Å². The van der Waals surface area contributed by atoms with E-state index in [4.69, 9.17) is 5.73 Å². The molecule has 0 atom stereocenters. The van der Waals surface area contributed by atoms with Crippen LogP contribution < -0.4 is 16.6 Å². The molecule has 0 fully saturated rings. The second-order valence-electron chi connectivity index (χ2n) is 1.98. The number of nitrogens with zero attached hydrogens (tertiary/aromatic N) is 1. The maximum absolute atomic E-state index is 10.3. The van der Waals surface area contributed by atoms with Crippen molar-refractivity contribution >= 4 is 27.8 Å². The molecule has 0 radical (unpaired) electrons. The number of hydrazine groups is 1. The lowest BCUT2D eigenvalue weighted by Crippen LogP contribution is -2.34. The second-order valence-corrected chi connectivity index (χ2v) is 2.89. The fourth-order valence-electron chi connectivity index (χ4n) is 0.575. The number of halogens is 1. The van der Waals surface area contributed by atoms with Gasteiger partial charge < -0.3 is 5.73 Å². The molecule has 0 aliphatic rings. The summed E-state index contributed by atoms with van der Waals surface area (Å²) in [4.78, 5) is 14.2. The molecule has 0 saturated heterocycles. The van der Waals surface area contributed by atoms with Crippen molar-refractivity contribution < 1.29 is 4.79 Å². The first kappa shape index (κ1) is 8.79. The van der Waals surface area contributed by atoms with Crippen LogP contribution >= 0.6 is 15.9 Å². The van der Waals surface area contributed by atoms with E-state index in [0.29, 0.717) is 5.82 Å². The summed E-state index contributed by atoms with van der Waals surface area (Å²) in [6, 6.07) is 2.83. The van der Waals surface area contributed by atoms with E-state index in [1.54, 1.807) is 18.3 Å². The maximum atomic E-state index is 10.3. The first-order chi connectivity index (χ1) is 5.68. The van der Waals surface area contributed by atoms with Gasteiger partial charge in [0.25, 0.3) is 0 Å². The fraction of sp³-hybridized carbons (Fsp3) is 0. The summed E-state index contributed by atoms with van der Waals surface area (Å²) in [7, 11) is 0. The third-order valence-corrected chi connectivity index (χ3v) is 1.51. The highest BCUT2D eigenvalue weighted by Crippen LogP contribution is 2.09. The van der Waals surface area contributed by atoms with Crippen LogP contribution in [-0.4, -0.2) is 11.0 Å². The molecule has 1 heterocycles. The monoisotopic (exact) mass is 230 g/mol. The van der Waals surface area contributed by atoms with Crippen LogP contribution in [0.1, 0.15) is 0 Å². The lowest BCUT2D eigenvalue weighted by atomic mass is 10.5. The van der Waals surface area contributed by atoms with Gasteiger partial charge in [0.15, 0.2) is 0 Å². The highest BCUT2D eigenvalue weighted by Gasteiger charge is 1.93. The molecule has 1 rings (SSSR count). The number of nitrogens with two attached hydrogens (primary N) is 1. The van der Waals surface area contributed by atoms with E-state index in [0.717, 1.165) is 4.47 Å².